The van der Waals surface area contributed by atoms with E-state index < -0.39 is 20.1 Å². The van der Waals surface area contributed by atoms with E-state index >= 15 is 0 Å². The van der Waals surface area contributed by atoms with Crippen LogP contribution in [0.5, 0.6) is 0 Å². The van der Waals surface area contributed by atoms with E-state index in [1.54, 1.807) is 0 Å². The minimum atomic E-state index is -0.773. The molecule has 2 nitrogen and oxygen atoms in total. The Kier molecular flexibility index (Phi) is 6.56. The van der Waals surface area contributed by atoms with Gasteiger partial charge in [-0.1, -0.05) is 0 Å². The monoisotopic (exact) mass is 423 g/mol. The van der Waals surface area contributed by atoms with Gasteiger partial charge >= 0.3 is 107 Å². The molecule has 0 atom stereocenters. The molecule has 0 aromatic rings. The topological polar surface area (TPSA) is 6.48 Å². The van der Waals surface area contributed by atoms with E-state index in [1.807, 2.05) is 0 Å². The molecule has 0 aromatic carbocycles. The van der Waals surface area contributed by atoms with Gasteiger partial charge in [-0.15, -0.1) is 0 Å². The molecule has 1 rings (SSSR count). The van der Waals surface area contributed by atoms with Crippen molar-refractivity contribution in [3.63, 3.8) is 0 Å². The van der Waals surface area contributed by atoms with Crippen LogP contribution in [0.2, 0.25) is 0 Å². The van der Waals surface area contributed by atoms with Crippen molar-refractivity contribution in [3.05, 3.63) is 12.4 Å². The van der Waals surface area contributed by atoms with Gasteiger partial charge in [-0.25, -0.2) is 0 Å². The summed E-state index contributed by atoms with van der Waals surface area (Å²) in [6.07, 6.45) is 7.37. The minimum absolute atomic E-state index is 0.289. The van der Waals surface area contributed by atoms with E-state index in [4.69, 9.17) is 0 Å². The first kappa shape index (κ1) is 12.9. The van der Waals surface area contributed by atoms with Crippen LogP contribution in [-0.2, 0) is 0 Å². The van der Waals surface area contributed by atoms with Crippen molar-refractivity contribution >= 4 is 20.1 Å². The summed E-state index contributed by atoms with van der Waals surface area (Å²) in [6, 6.07) is 0. The molecular formula is C10H21I2N2-. The molecule has 0 fully saturated rings. The summed E-state index contributed by atoms with van der Waals surface area (Å²) in [5, 5.41) is 0. The second-order valence-corrected chi connectivity index (χ2v) is 11.8. The van der Waals surface area contributed by atoms with Crippen LogP contribution in [0, 0.1) is 0 Å². The maximum atomic E-state index is 2.63. The van der Waals surface area contributed by atoms with Crippen LogP contribution in [0.15, 0.2) is 12.4 Å². The summed E-state index contributed by atoms with van der Waals surface area (Å²) < 4.78 is 8.09. The molecule has 4 heteroatoms. The summed E-state index contributed by atoms with van der Waals surface area (Å²) in [4.78, 5) is 2.49. The van der Waals surface area contributed by atoms with Gasteiger partial charge in [0.2, 0.25) is 0 Å². The first-order valence-electron chi connectivity index (χ1n) is 5.15. The Morgan fingerprint density at radius 1 is 1.29 bits per heavy atom. The SMILES string of the molecule is CCC[I-]N1C=CN(I(C)CCC)C1. The Hall–Kier alpha value is 0.800. The van der Waals surface area contributed by atoms with Gasteiger partial charge in [0, 0.05) is 0 Å². The molecule has 0 saturated heterocycles. The molecule has 0 bridgehead atoms. The van der Waals surface area contributed by atoms with Gasteiger partial charge in [0.15, 0.2) is 0 Å². The fourth-order valence-corrected chi connectivity index (χ4v) is 7.53. The first-order chi connectivity index (χ1) is 6.77. The van der Waals surface area contributed by atoms with Gasteiger partial charge in [0.25, 0.3) is 0 Å². The molecule has 14 heavy (non-hydrogen) atoms. The van der Waals surface area contributed by atoms with E-state index in [0.717, 1.165) is 0 Å². The Morgan fingerprint density at radius 3 is 2.71 bits per heavy atom. The van der Waals surface area contributed by atoms with Crippen LogP contribution >= 0.6 is 20.1 Å². The van der Waals surface area contributed by atoms with Crippen LogP contribution in [0.25, 0.3) is 0 Å². The summed E-state index contributed by atoms with van der Waals surface area (Å²) in [5.74, 6) is 0. The third-order valence-corrected chi connectivity index (χ3v) is 10.4. The van der Waals surface area contributed by atoms with Crippen molar-refractivity contribution in [2.75, 3.05) is 20.5 Å². The number of rotatable bonds is 6. The standard InChI is InChI=1S/C10H21I2N2/c1-4-6-11-13-8-9-14(10-13)12(3)7-5-2/h8-9H,4-7,10H2,1-3H3/q-1. The predicted octanol–water partition coefficient (Wildman–Crippen LogP) is -0.0921. The summed E-state index contributed by atoms with van der Waals surface area (Å²) in [7, 11) is 0. The Bertz CT molecular complexity index is 185. The van der Waals surface area contributed by atoms with E-state index in [9.17, 15) is 0 Å². The summed E-state index contributed by atoms with van der Waals surface area (Å²) in [5.41, 5.74) is 0. The normalized spacial score (nSPS) is 16.9. The molecule has 0 N–H and O–H groups in total. The number of hydrogen-bond donors (Lipinski definition) is 0. The van der Waals surface area contributed by atoms with Crippen molar-refractivity contribution in [2.24, 2.45) is 0 Å². The number of alkyl halides is 3. The Balaban J connectivity index is 2.24. The first-order valence-corrected chi connectivity index (χ1v) is 12.3. The van der Waals surface area contributed by atoms with Crippen molar-refractivity contribution in [2.45, 2.75) is 26.7 Å². The van der Waals surface area contributed by atoms with Crippen molar-refractivity contribution < 1.29 is 21.5 Å². The molecule has 0 aliphatic carbocycles. The quantitative estimate of drug-likeness (QED) is 0.335. The van der Waals surface area contributed by atoms with Gasteiger partial charge in [-0.3, -0.25) is 0 Å². The molecule has 1 aliphatic heterocycles. The maximum absolute atomic E-state index is 2.63. The van der Waals surface area contributed by atoms with Crippen molar-refractivity contribution in [1.82, 2.24) is 6.23 Å². The van der Waals surface area contributed by atoms with Crippen LogP contribution in [-0.4, -0.2) is 26.7 Å². The third-order valence-electron chi connectivity index (χ3n) is 1.92. The van der Waals surface area contributed by atoms with Crippen LogP contribution in [0.3, 0.4) is 0 Å². The second-order valence-electron chi connectivity index (χ2n) is 3.29. The van der Waals surface area contributed by atoms with Gasteiger partial charge < -0.3 is 0 Å². The van der Waals surface area contributed by atoms with Gasteiger partial charge in [0.1, 0.15) is 0 Å². The van der Waals surface area contributed by atoms with E-state index in [0.29, 0.717) is 0 Å². The fourth-order valence-electron chi connectivity index (χ4n) is 1.21. The number of hydrogen-bond acceptors (Lipinski definition) is 2. The van der Waals surface area contributed by atoms with E-state index in [-0.39, 0.29) is 21.5 Å². The van der Waals surface area contributed by atoms with Crippen molar-refractivity contribution in [3.8, 4) is 0 Å². The summed E-state index contributed by atoms with van der Waals surface area (Å²) >= 11 is -0.485. The molecule has 0 amide bonds. The molecule has 0 radical (unpaired) electrons. The molecule has 0 aromatic heterocycles. The number of halogens is 2. The zero-order chi connectivity index (χ0) is 10.4. The molecule has 86 valence electrons. The average molecular weight is 423 g/mol. The zero-order valence-electron chi connectivity index (χ0n) is 9.34. The molecule has 0 unspecified atom stereocenters. The summed E-state index contributed by atoms with van der Waals surface area (Å²) in [6.45, 7) is 5.80. The predicted molar refractivity (Wildman–Crippen MR) is 67.9 cm³/mol. The van der Waals surface area contributed by atoms with Crippen molar-refractivity contribution in [1.29, 1.82) is 0 Å². The molecule has 0 spiro atoms. The Morgan fingerprint density at radius 2 is 2.07 bits per heavy atom. The van der Waals surface area contributed by atoms with E-state index in [2.05, 4.69) is 37.4 Å². The van der Waals surface area contributed by atoms with Gasteiger partial charge in [0.05, 0.1) is 0 Å². The van der Waals surface area contributed by atoms with Crippen LogP contribution in [0.4, 0.5) is 0 Å². The zero-order valence-corrected chi connectivity index (χ0v) is 13.7. The van der Waals surface area contributed by atoms with E-state index in [1.165, 1.54) is 28.4 Å². The average Bonchev–Trinajstić information content (AvgIpc) is 2.63. The van der Waals surface area contributed by atoms with Crippen LogP contribution < -0.4 is 21.5 Å². The molecule has 0 saturated carbocycles. The molecule has 1 aliphatic rings. The number of nitrogens with zero attached hydrogens (tertiary/aromatic N) is 2. The molecular weight excluding hydrogens is 402 g/mol. The third kappa shape index (κ3) is 4.12. The molecule has 1 heterocycles. The second kappa shape index (κ2) is 7.14. The van der Waals surface area contributed by atoms with Gasteiger partial charge in [-0.05, 0) is 0 Å². The van der Waals surface area contributed by atoms with Gasteiger partial charge in [-0.2, -0.15) is 0 Å². The Labute approximate surface area is 106 Å². The van der Waals surface area contributed by atoms with Crippen LogP contribution in [0.1, 0.15) is 26.7 Å². The fraction of sp³-hybridized carbons (Fsp3) is 0.800.